The largest absolute Gasteiger partial charge is 0.462 e. The fourth-order valence-electron chi connectivity index (χ4n) is 6.68. The molecule has 0 rings (SSSR count). The Morgan fingerprint density at radius 3 is 0.784 bits per heavy atom. The van der Waals surface area contributed by atoms with Crippen LogP contribution < -0.4 is 0 Å². The van der Waals surface area contributed by atoms with E-state index in [9.17, 15) is 14.4 Å². The fraction of sp³-hybridized carbons (Fsp3) is 0.933. The van der Waals surface area contributed by atoms with E-state index in [2.05, 4.69) is 20.8 Å². The van der Waals surface area contributed by atoms with Crippen LogP contribution in [-0.2, 0) is 28.6 Å². The lowest BCUT2D eigenvalue weighted by atomic mass is 10.0. The van der Waals surface area contributed by atoms with Crippen molar-refractivity contribution in [3.05, 3.63) is 0 Å². The van der Waals surface area contributed by atoms with E-state index in [0.29, 0.717) is 19.3 Å². The summed E-state index contributed by atoms with van der Waals surface area (Å²) in [6.45, 7) is 6.61. The van der Waals surface area contributed by atoms with E-state index in [0.717, 1.165) is 57.8 Å². The van der Waals surface area contributed by atoms with E-state index in [-0.39, 0.29) is 31.1 Å². The smallest absolute Gasteiger partial charge is 0.306 e. The number of unbranched alkanes of at least 4 members (excludes halogenated alkanes) is 30. The van der Waals surface area contributed by atoms with Crippen molar-refractivity contribution in [3.63, 3.8) is 0 Å². The number of carbonyl (C=O) groups is 3. The molecule has 0 spiro atoms. The second kappa shape index (κ2) is 41.2. The Hall–Kier alpha value is -1.59. The molecule has 0 aliphatic rings. The van der Waals surface area contributed by atoms with Crippen LogP contribution in [0.5, 0.6) is 0 Å². The molecule has 0 amide bonds. The SMILES string of the molecule is CCCCCCCCCCCCCCCCCC(=O)OC[C@H](COC(=O)CCCCCCCCCCC)OC(=O)CCCCCCCCCCC. The molecule has 0 aromatic carbocycles. The van der Waals surface area contributed by atoms with Crippen LogP contribution in [0.2, 0.25) is 0 Å². The van der Waals surface area contributed by atoms with E-state index in [1.165, 1.54) is 154 Å². The molecule has 0 aliphatic heterocycles. The number of carbonyl (C=O) groups excluding carboxylic acids is 3. The lowest BCUT2D eigenvalue weighted by Crippen LogP contribution is -2.30. The lowest BCUT2D eigenvalue weighted by Gasteiger charge is -2.18. The zero-order valence-corrected chi connectivity index (χ0v) is 34.4. The highest BCUT2D eigenvalue weighted by atomic mass is 16.6. The summed E-state index contributed by atoms with van der Waals surface area (Å²) in [6.07, 6.45) is 40.9. The first-order valence-corrected chi connectivity index (χ1v) is 22.5. The van der Waals surface area contributed by atoms with Crippen molar-refractivity contribution in [1.29, 1.82) is 0 Å². The number of rotatable bonds is 41. The molecule has 6 nitrogen and oxygen atoms in total. The molecule has 0 aromatic rings. The van der Waals surface area contributed by atoms with Crippen LogP contribution in [0.3, 0.4) is 0 Å². The van der Waals surface area contributed by atoms with E-state index in [1.54, 1.807) is 0 Å². The van der Waals surface area contributed by atoms with Gasteiger partial charge in [0, 0.05) is 19.3 Å². The van der Waals surface area contributed by atoms with Gasteiger partial charge in [0.05, 0.1) is 0 Å². The number of esters is 3. The second-order valence-electron chi connectivity index (χ2n) is 15.3. The van der Waals surface area contributed by atoms with Gasteiger partial charge in [-0.05, 0) is 19.3 Å². The third-order valence-corrected chi connectivity index (χ3v) is 10.1. The lowest BCUT2D eigenvalue weighted by molar-refractivity contribution is -0.167. The molecule has 51 heavy (non-hydrogen) atoms. The summed E-state index contributed by atoms with van der Waals surface area (Å²) >= 11 is 0. The van der Waals surface area contributed by atoms with Crippen molar-refractivity contribution in [1.82, 2.24) is 0 Å². The van der Waals surface area contributed by atoms with Crippen LogP contribution in [0, 0.1) is 0 Å². The third kappa shape index (κ3) is 39.5. The van der Waals surface area contributed by atoms with Crippen LogP contribution in [-0.4, -0.2) is 37.2 Å². The van der Waals surface area contributed by atoms with Crippen molar-refractivity contribution < 1.29 is 28.6 Å². The van der Waals surface area contributed by atoms with Gasteiger partial charge in [-0.25, -0.2) is 0 Å². The van der Waals surface area contributed by atoms with Crippen LogP contribution >= 0.6 is 0 Å². The Balaban J connectivity index is 4.25. The van der Waals surface area contributed by atoms with Crippen LogP contribution in [0.1, 0.15) is 252 Å². The molecule has 6 heteroatoms. The molecular weight excluding hydrogens is 636 g/mol. The van der Waals surface area contributed by atoms with E-state index in [4.69, 9.17) is 14.2 Å². The van der Waals surface area contributed by atoms with Crippen LogP contribution in [0.15, 0.2) is 0 Å². The summed E-state index contributed by atoms with van der Waals surface area (Å²) in [5, 5.41) is 0. The summed E-state index contributed by atoms with van der Waals surface area (Å²) in [5.74, 6) is -0.857. The van der Waals surface area contributed by atoms with Gasteiger partial charge >= 0.3 is 17.9 Å². The first kappa shape index (κ1) is 49.4. The molecule has 0 aromatic heterocycles. The molecule has 0 unspecified atom stereocenters. The van der Waals surface area contributed by atoms with E-state index < -0.39 is 6.10 Å². The summed E-state index contributed by atoms with van der Waals surface area (Å²) in [7, 11) is 0. The number of hydrogen-bond acceptors (Lipinski definition) is 6. The monoisotopic (exact) mass is 723 g/mol. The average molecular weight is 723 g/mol. The van der Waals surface area contributed by atoms with Gasteiger partial charge in [-0.2, -0.15) is 0 Å². The highest BCUT2D eigenvalue weighted by Gasteiger charge is 2.19. The summed E-state index contributed by atoms with van der Waals surface area (Å²) in [5.41, 5.74) is 0. The van der Waals surface area contributed by atoms with Gasteiger partial charge in [0.1, 0.15) is 13.2 Å². The quantitative estimate of drug-likeness (QED) is 0.0355. The van der Waals surface area contributed by atoms with Gasteiger partial charge in [0.25, 0.3) is 0 Å². The first-order valence-electron chi connectivity index (χ1n) is 22.5. The zero-order chi connectivity index (χ0) is 37.3. The molecule has 0 bridgehead atoms. The predicted octanol–water partition coefficient (Wildman–Crippen LogP) is 14.1. The first-order chi connectivity index (χ1) is 25.0. The van der Waals surface area contributed by atoms with E-state index >= 15 is 0 Å². The molecule has 0 N–H and O–H groups in total. The highest BCUT2D eigenvalue weighted by molar-refractivity contribution is 5.71. The standard InChI is InChI=1S/C45H86O6/c1-4-7-10-13-16-19-20-21-22-23-24-27-29-32-35-38-44(47)50-41-42(51-45(48)39-36-33-30-26-18-15-12-9-6-3)40-49-43(46)37-34-31-28-25-17-14-11-8-5-2/h42H,4-41H2,1-3H3/t42-/m0/s1. The van der Waals surface area contributed by atoms with Gasteiger partial charge in [0.15, 0.2) is 6.10 Å². The fourth-order valence-corrected chi connectivity index (χ4v) is 6.68. The summed E-state index contributed by atoms with van der Waals surface area (Å²) < 4.78 is 16.7. The Kier molecular flexibility index (Phi) is 39.9. The maximum Gasteiger partial charge on any atom is 0.306 e. The second-order valence-corrected chi connectivity index (χ2v) is 15.3. The highest BCUT2D eigenvalue weighted by Crippen LogP contribution is 2.15. The van der Waals surface area contributed by atoms with Gasteiger partial charge in [0.2, 0.25) is 0 Å². The van der Waals surface area contributed by atoms with Gasteiger partial charge in [-0.3, -0.25) is 14.4 Å². The van der Waals surface area contributed by atoms with Crippen molar-refractivity contribution in [2.45, 2.75) is 258 Å². The Morgan fingerprint density at radius 1 is 0.314 bits per heavy atom. The summed E-state index contributed by atoms with van der Waals surface area (Å²) in [6, 6.07) is 0. The number of hydrogen-bond donors (Lipinski definition) is 0. The molecule has 1 atom stereocenters. The summed E-state index contributed by atoms with van der Waals surface area (Å²) in [4.78, 5) is 37.6. The molecular formula is C45H86O6. The van der Waals surface area contributed by atoms with E-state index in [1.807, 2.05) is 0 Å². The number of ether oxygens (including phenoxy) is 3. The zero-order valence-electron chi connectivity index (χ0n) is 34.4. The normalized spacial score (nSPS) is 11.8. The minimum absolute atomic E-state index is 0.0631. The predicted molar refractivity (Wildman–Crippen MR) is 215 cm³/mol. The molecule has 0 saturated carbocycles. The Bertz CT molecular complexity index is 753. The Morgan fingerprint density at radius 2 is 0.529 bits per heavy atom. The van der Waals surface area contributed by atoms with Gasteiger partial charge in [-0.1, -0.05) is 213 Å². The van der Waals surface area contributed by atoms with Crippen molar-refractivity contribution >= 4 is 17.9 Å². The molecule has 0 fully saturated rings. The molecule has 0 radical (unpaired) electrons. The molecule has 0 aliphatic carbocycles. The molecule has 0 saturated heterocycles. The van der Waals surface area contributed by atoms with Gasteiger partial charge in [-0.15, -0.1) is 0 Å². The van der Waals surface area contributed by atoms with Crippen molar-refractivity contribution in [2.24, 2.45) is 0 Å². The maximum atomic E-state index is 12.6. The third-order valence-electron chi connectivity index (χ3n) is 10.1. The molecule has 302 valence electrons. The van der Waals surface area contributed by atoms with Gasteiger partial charge < -0.3 is 14.2 Å². The van der Waals surface area contributed by atoms with Crippen molar-refractivity contribution in [2.75, 3.05) is 13.2 Å². The molecule has 0 heterocycles. The minimum Gasteiger partial charge on any atom is -0.462 e. The minimum atomic E-state index is -0.756. The van der Waals surface area contributed by atoms with Crippen LogP contribution in [0.4, 0.5) is 0 Å². The van der Waals surface area contributed by atoms with Crippen LogP contribution in [0.25, 0.3) is 0 Å². The average Bonchev–Trinajstić information content (AvgIpc) is 3.12. The topological polar surface area (TPSA) is 78.9 Å². The van der Waals surface area contributed by atoms with Crippen molar-refractivity contribution in [3.8, 4) is 0 Å². The maximum absolute atomic E-state index is 12.6. The Labute approximate surface area is 317 Å².